The third-order valence-corrected chi connectivity index (χ3v) is 21.0. The Morgan fingerprint density at radius 3 is 0.818 bits per heavy atom. The Balaban J connectivity index is 0.871. The fourth-order valence-electron chi connectivity index (χ4n) is 16.0. The van der Waals surface area contributed by atoms with Crippen molar-refractivity contribution in [2.24, 2.45) is 0 Å². The second-order valence-corrected chi connectivity index (χ2v) is 27.3. The van der Waals surface area contributed by atoms with E-state index in [1.165, 1.54) is 134 Å². The molecule has 0 spiro atoms. The fraction of sp³-hybridized carbons (Fsp3) is 0.143. The molecule has 422 valence electrons. The predicted molar refractivity (Wildman–Crippen MR) is 366 cm³/mol. The molecular formula is C84H64N2O2. The summed E-state index contributed by atoms with van der Waals surface area (Å²) < 4.78 is 12.7. The van der Waals surface area contributed by atoms with Gasteiger partial charge in [-0.05, 0) is 209 Å². The molecule has 0 fully saturated rings. The van der Waals surface area contributed by atoms with Gasteiger partial charge in [0.2, 0.25) is 0 Å². The maximum Gasteiger partial charge on any atom is 0.135 e. The SMILES string of the molecule is CC1(C)c2cc(-c3ccccc3)ccc2N2c3ccc(-c4ccccc4)cc3C(C)(C)c3cc(-c4cc5c6c(c4)C(C)(C)c4cc(-c7ccc8oc9ccccc9c8c7)ccc4N6c4ccc(-c6ccc7oc8ccccc8c7c6)cc4C5(C)C)cc1c32. The van der Waals surface area contributed by atoms with Crippen molar-refractivity contribution in [3.05, 3.63) is 287 Å². The molecule has 0 unspecified atom stereocenters. The van der Waals surface area contributed by atoms with Crippen molar-refractivity contribution in [3.8, 4) is 55.6 Å². The molecule has 6 heterocycles. The molecule has 0 atom stereocenters. The van der Waals surface area contributed by atoms with Crippen LogP contribution in [0.3, 0.4) is 0 Å². The zero-order valence-electron chi connectivity index (χ0n) is 50.8. The molecule has 0 N–H and O–H groups in total. The summed E-state index contributed by atoms with van der Waals surface area (Å²) in [5.41, 5.74) is 32.2. The van der Waals surface area contributed by atoms with Crippen LogP contribution in [0.2, 0.25) is 0 Å². The van der Waals surface area contributed by atoms with Crippen molar-refractivity contribution < 1.29 is 8.83 Å². The van der Waals surface area contributed by atoms with E-state index < -0.39 is 10.8 Å². The van der Waals surface area contributed by atoms with Gasteiger partial charge < -0.3 is 18.6 Å². The number of hydrogen-bond acceptors (Lipinski definition) is 4. The van der Waals surface area contributed by atoms with Crippen molar-refractivity contribution in [1.29, 1.82) is 0 Å². The zero-order chi connectivity index (χ0) is 59.3. The van der Waals surface area contributed by atoms with Crippen LogP contribution in [0.4, 0.5) is 34.1 Å². The van der Waals surface area contributed by atoms with Gasteiger partial charge in [-0.15, -0.1) is 0 Å². The topological polar surface area (TPSA) is 32.8 Å². The standard InChI is InChI=1S/C84H64N2O2/c1-81(2)63-41-53(49-19-11-9-12-20-49)27-33-71(63)85-72-34-28-54(50-21-13-10-14-22-50)42-64(72)82(3,4)68-46-57(45-67(81)79(68)85)58-47-69-80-70(48-58)84(7,8)66-44-56(52-32-38-78-62(40-52)60-24-16-18-26-76(60)88-78)30-36-74(66)86(80)73-35-29-55(43-65(73)83(69,5)6)51-31-37-77-61(39-51)59-23-15-17-25-75(59)87-77/h9-48H,1-8H3. The molecule has 0 radical (unpaired) electrons. The summed E-state index contributed by atoms with van der Waals surface area (Å²) in [7, 11) is 0. The lowest BCUT2D eigenvalue weighted by Crippen LogP contribution is -2.38. The van der Waals surface area contributed by atoms with Gasteiger partial charge in [0.25, 0.3) is 0 Å². The van der Waals surface area contributed by atoms with Gasteiger partial charge in [0, 0.05) is 43.2 Å². The molecule has 2 aromatic heterocycles. The summed E-state index contributed by atoms with van der Waals surface area (Å²) in [6.45, 7) is 19.7. The lowest BCUT2D eigenvalue weighted by Gasteiger charge is -2.50. The highest BCUT2D eigenvalue weighted by Gasteiger charge is 2.49. The van der Waals surface area contributed by atoms with E-state index in [1.54, 1.807) is 0 Å². The first kappa shape index (κ1) is 51.1. The van der Waals surface area contributed by atoms with E-state index in [9.17, 15) is 0 Å². The van der Waals surface area contributed by atoms with Crippen LogP contribution in [0.1, 0.15) is 99.9 Å². The Kier molecular flexibility index (Phi) is 10.3. The highest BCUT2D eigenvalue weighted by atomic mass is 16.3. The van der Waals surface area contributed by atoms with Crippen molar-refractivity contribution in [2.45, 2.75) is 77.0 Å². The van der Waals surface area contributed by atoms with Gasteiger partial charge in [-0.3, -0.25) is 0 Å². The Morgan fingerprint density at radius 2 is 0.477 bits per heavy atom. The molecule has 4 nitrogen and oxygen atoms in total. The van der Waals surface area contributed by atoms with E-state index in [4.69, 9.17) is 8.83 Å². The van der Waals surface area contributed by atoms with Gasteiger partial charge in [-0.2, -0.15) is 0 Å². The third-order valence-electron chi connectivity index (χ3n) is 21.0. The van der Waals surface area contributed by atoms with E-state index in [-0.39, 0.29) is 10.8 Å². The van der Waals surface area contributed by atoms with Crippen molar-refractivity contribution in [2.75, 3.05) is 9.80 Å². The highest BCUT2D eigenvalue weighted by molar-refractivity contribution is 6.08. The average Bonchev–Trinajstić information content (AvgIpc) is 0.889. The quantitative estimate of drug-likeness (QED) is 0.172. The molecule has 0 aliphatic carbocycles. The molecule has 4 aliphatic heterocycles. The van der Waals surface area contributed by atoms with Gasteiger partial charge in [0.05, 0.1) is 34.1 Å². The number of nitrogens with zero attached hydrogens (tertiary/aromatic N) is 2. The maximum atomic E-state index is 6.36. The summed E-state index contributed by atoms with van der Waals surface area (Å²) in [5.74, 6) is 0. The van der Waals surface area contributed by atoms with E-state index >= 15 is 0 Å². The zero-order valence-corrected chi connectivity index (χ0v) is 50.8. The number of anilines is 6. The van der Waals surface area contributed by atoms with E-state index in [0.717, 1.165) is 43.9 Å². The molecule has 0 bridgehead atoms. The van der Waals surface area contributed by atoms with Crippen LogP contribution in [-0.2, 0) is 21.7 Å². The van der Waals surface area contributed by atoms with Gasteiger partial charge in [0.15, 0.2) is 0 Å². The average molecular weight is 1130 g/mol. The number of rotatable bonds is 5. The largest absolute Gasteiger partial charge is 0.456 e. The minimum absolute atomic E-state index is 0.367. The second kappa shape index (κ2) is 17.7. The molecule has 4 heteroatoms. The molecule has 12 aromatic carbocycles. The first-order valence-corrected chi connectivity index (χ1v) is 31.1. The lowest BCUT2D eigenvalue weighted by molar-refractivity contribution is 0.596. The normalized spacial score (nSPS) is 15.8. The lowest BCUT2D eigenvalue weighted by atomic mass is 9.64. The van der Waals surface area contributed by atoms with Gasteiger partial charge in [-0.25, -0.2) is 0 Å². The molecule has 18 rings (SSSR count). The summed E-state index contributed by atoms with van der Waals surface area (Å²) in [4.78, 5) is 5.23. The summed E-state index contributed by atoms with van der Waals surface area (Å²) >= 11 is 0. The van der Waals surface area contributed by atoms with Gasteiger partial charge in [0.1, 0.15) is 22.3 Å². The Labute approximate surface area is 513 Å². The molecule has 0 saturated heterocycles. The van der Waals surface area contributed by atoms with Gasteiger partial charge >= 0.3 is 0 Å². The van der Waals surface area contributed by atoms with Crippen molar-refractivity contribution >= 4 is 78.0 Å². The first-order chi connectivity index (χ1) is 42.6. The molecule has 4 aliphatic rings. The second-order valence-electron chi connectivity index (χ2n) is 27.3. The molecule has 14 aromatic rings. The molecule has 88 heavy (non-hydrogen) atoms. The number of hydrogen-bond donors (Lipinski definition) is 0. The van der Waals surface area contributed by atoms with E-state index in [1.807, 2.05) is 12.1 Å². The number of benzene rings is 12. The fourth-order valence-corrected chi connectivity index (χ4v) is 16.0. The predicted octanol–water partition coefficient (Wildman–Crippen LogP) is 23.3. The maximum absolute atomic E-state index is 6.36. The number of fused-ring (bicyclic) bond motifs is 14. The Morgan fingerprint density at radius 1 is 0.216 bits per heavy atom. The summed E-state index contributed by atoms with van der Waals surface area (Å²) in [5, 5.41) is 4.53. The Bertz CT molecular complexity index is 5020. The van der Waals surface area contributed by atoms with Crippen LogP contribution in [0.25, 0.3) is 99.5 Å². The molecule has 0 saturated carbocycles. The van der Waals surface area contributed by atoms with E-state index in [2.05, 4.69) is 296 Å². The van der Waals surface area contributed by atoms with Crippen LogP contribution in [0.5, 0.6) is 0 Å². The molecular weight excluding hydrogens is 1070 g/mol. The van der Waals surface area contributed by atoms with Crippen LogP contribution >= 0.6 is 0 Å². The number of furan rings is 2. The van der Waals surface area contributed by atoms with Crippen LogP contribution < -0.4 is 9.80 Å². The minimum Gasteiger partial charge on any atom is -0.456 e. The van der Waals surface area contributed by atoms with Crippen molar-refractivity contribution in [3.63, 3.8) is 0 Å². The van der Waals surface area contributed by atoms with Crippen LogP contribution in [0.15, 0.2) is 251 Å². The minimum atomic E-state index is -0.415. The van der Waals surface area contributed by atoms with Crippen LogP contribution in [-0.4, -0.2) is 0 Å². The first-order valence-electron chi connectivity index (χ1n) is 31.1. The third kappa shape index (κ3) is 7.03. The smallest absolute Gasteiger partial charge is 0.135 e. The summed E-state index contributed by atoms with van der Waals surface area (Å²) in [6.07, 6.45) is 0. The highest BCUT2D eigenvalue weighted by Crippen LogP contribution is 2.64. The number of para-hydroxylation sites is 2. The van der Waals surface area contributed by atoms with Crippen LogP contribution in [0, 0.1) is 0 Å². The Hall–Kier alpha value is -10.2. The van der Waals surface area contributed by atoms with Gasteiger partial charge in [-0.1, -0.05) is 189 Å². The monoisotopic (exact) mass is 1130 g/mol. The molecule has 0 amide bonds. The van der Waals surface area contributed by atoms with Crippen molar-refractivity contribution in [1.82, 2.24) is 0 Å². The van der Waals surface area contributed by atoms with E-state index in [0.29, 0.717) is 0 Å². The summed E-state index contributed by atoms with van der Waals surface area (Å²) in [6, 6.07) is 91.0.